The number of aromatic nitrogens is 5. The molecule has 0 saturated carbocycles. The largest absolute Gasteiger partial charge is 0.491 e. The maximum atomic E-state index is 5.81. The van der Waals surface area contributed by atoms with Crippen molar-refractivity contribution in [2.45, 2.75) is 32.2 Å². The van der Waals surface area contributed by atoms with Crippen molar-refractivity contribution in [3.8, 4) is 17.0 Å². The molecule has 192 valence electrons. The molecular weight excluding hydrogens is 464 g/mol. The number of piperazine rings is 1. The fraction of sp³-hybridized carbons (Fsp3) is 0.429. The van der Waals surface area contributed by atoms with E-state index in [0.29, 0.717) is 12.5 Å². The van der Waals surface area contributed by atoms with E-state index in [4.69, 9.17) is 9.72 Å². The van der Waals surface area contributed by atoms with Crippen LogP contribution in [-0.2, 0) is 6.42 Å². The van der Waals surface area contributed by atoms with Gasteiger partial charge in [-0.3, -0.25) is 9.88 Å². The van der Waals surface area contributed by atoms with Crippen LogP contribution in [0, 0.1) is 0 Å². The van der Waals surface area contributed by atoms with Crippen LogP contribution < -0.4 is 15.0 Å². The molecule has 37 heavy (non-hydrogen) atoms. The Kier molecular flexibility index (Phi) is 6.72. The highest BCUT2D eigenvalue weighted by Gasteiger charge is 2.22. The highest BCUT2D eigenvalue weighted by molar-refractivity contribution is 5.84. The number of anilines is 1. The minimum Gasteiger partial charge on any atom is -0.491 e. The van der Waals surface area contributed by atoms with E-state index in [1.807, 2.05) is 12.3 Å². The van der Waals surface area contributed by atoms with Gasteiger partial charge in [-0.25, -0.2) is 15.0 Å². The molecule has 2 aliphatic heterocycles. The van der Waals surface area contributed by atoms with Crippen LogP contribution >= 0.6 is 0 Å². The summed E-state index contributed by atoms with van der Waals surface area (Å²) in [5.41, 5.74) is 6.00. The van der Waals surface area contributed by atoms with Crippen LogP contribution in [0.3, 0.4) is 0 Å². The van der Waals surface area contributed by atoms with Crippen molar-refractivity contribution in [2.75, 3.05) is 51.3 Å². The Labute approximate surface area is 217 Å². The fourth-order valence-corrected chi connectivity index (χ4v) is 5.51. The van der Waals surface area contributed by atoms with Gasteiger partial charge in [-0.2, -0.15) is 0 Å². The molecule has 0 bridgehead atoms. The molecular formula is C28H34N8O. The number of ether oxygens (including phenoxy) is 1. The number of fused-ring (bicyclic) bond motifs is 1. The van der Waals surface area contributed by atoms with Gasteiger partial charge in [0.25, 0.3) is 0 Å². The van der Waals surface area contributed by atoms with Gasteiger partial charge < -0.3 is 19.9 Å². The maximum absolute atomic E-state index is 5.81. The second kappa shape index (κ2) is 10.4. The number of hydrogen-bond donors (Lipinski definition) is 2. The van der Waals surface area contributed by atoms with Gasteiger partial charge in [-0.1, -0.05) is 6.07 Å². The van der Waals surface area contributed by atoms with Gasteiger partial charge in [0.15, 0.2) is 11.6 Å². The fourth-order valence-electron chi connectivity index (χ4n) is 5.51. The molecule has 0 aliphatic carbocycles. The van der Waals surface area contributed by atoms with Crippen molar-refractivity contribution in [2.24, 2.45) is 0 Å². The Bertz CT molecular complexity index is 1370. The van der Waals surface area contributed by atoms with Crippen molar-refractivity contribution in [3.63, 3.8) is 0 Å². The summed E-state index contributed by atoms with van der Waals surface area (Å²) in [5, 5.41) is 3.43. The average molecular weight is 499 g/mol. The van der Waals surface area contributed by atoms with Gasteiger partial charge in [-0.15, -0.1) is 0 Å². The Morgan fingerprint density at radius 1 is 1.00 bits per heavy atom. The zero-order chi connectivity index (χ0) is 25.2. The molecule has 2 fully saturated rings. The van der Waals surface area contributed by atoms with Crippen LogP contribution in [0.5, 0.6) is 5.75 Å². The van der Waals surface area contributed by atoms with E-state index >= 15 is 0 Å². The summed E-state index contributed by atoms with van der Waals surface area (Å²) < 4.78 is 5.81. The first-order valence-electron chi connectivity index (χ1n) is 13.2. The van der Waals surface area contributed by atoms with Gasteiger partial charge in [0, 0.05) is 69.2 Å². The first-order valence-corrected chi connectivity index (χ1v) is 13.2. The molecule has 9 heteroatoms. The third-order valence-corrected chi connectivity index (χ3v) is 7.57. The van der Waals surface area contributed by atoms with E-state index in [0.717, 1.165) is 84.6 Å². The SMILES string of the molecule is COc1c(-c2ccc3nc(Cc4cc(C(C)N5CCNCC5)ccn4)[nH]c3c2)ncnc1N1CCCC1. The number of imidazole rings is 1. The predicted molar refractivity (Wildman–Crippen MR) is 145 cm³/mol. The van der Waals surface area contributed by atoms with Crippen molar-refractivity contribution < 1.29 is 4.74 Å². The summed E-state index contributed by atoms with van der Waals surface area (Å²) in [6.45, 7) is 8.51. The number of nitrogens with one attached hydrogen (secondary N) is 2. The van der Waals surface area contributed by atoms with Crippen molar-refractivity contribution in [3.05, 3.63) is 59.9 Å². The molecule has 3 aromatic heterocycles. The zero-order valence-corrected chi connectivity index (χ0v) is 21.6. The molecule has 0 spiro atoms. The molecule has 2 saturated heterocycles. The summed E-state index contributed by atoms with van der Waals surface area (Å²) in [7, 11) is 1.69. The molecule has 1 aromatic carbocycles. The number of hydrogen-bond acceptors (Lipinski definition) is 8. The maximum Gasteiger partial charge on any atom is 0.187 e. The Hall–Kier alpha value is -3.56. The molecule has 9 nitrogen and oxygen atoms in total. The van der Waals surface area contributed by atoms with Crippen LogP contribution in [0.4, 0.5) is 5.82 Å². The van der Waals surface area contributed by atoms with Crippen LogP contribution in [0.15, 0.2) is 42.9 Å². The lowest BCUT2D eigenvalue weighted by atomic mass is 10.1. The molecule has 0 radical (unpaired) electrons. The number of aromatic amines is 1. The lowest BCUT2D eigenvalue weighted by molar-refractivity contribution is 0.185. The topological polar surface area (TPSA) is 95.1 Å². The highest BCUT2D eigenvalue weighted by atomic mass is 16.5. The van der Waals surface area contributed by atoms with Crippen molar-refractivity contribution in [1.29, 1.82) is 0 Å². The molecule has 5 heterocycles. The monoisotopic (exact) mass is 498 g/mol. The second-order valence-electron chi connectivity index (χ2n) is 9.91. The number of benzene rings is 1. The van der Waals surface area contributed by atoms with E-state index in [-0.39, 0.29) is 0 Å². The Morgan fingerprint density at radius 2 is 1.84 bits per heavy atom. The third kappa shape index (κ3) is 4.89. The third-order valence-electron chi connectivity index (χ3n) is 7.57. The van der Waals surface area contributed by atoms with Crippen LogP contribution in [-0.4, -0.2) is 76.2 Å². The average Bonchev–Trinajstić information content (AvgIpc) is 3.62. The Balaban J connectivity index is 1.25. The van der Waals surface area contributed by atoms with Gasteiger partial charge in [0.05, 0.1) is 18.1 Å². The van der Waals surface area contributed by atoms with Crippen molar-refractivity contribution in [1.82, 2.24) is 35.1 Å². The summed E-state index contributed by atoms with van der Waals surface area (Å²) in [6, 6.07) is 10.9. The van der Waals surface area contributed by atoms with E-state index < -0.39 is 0 Å². The standard InChI is InChI=1S/C28H34N8O/c1-19(35-13-9-29-10-14-35)20-7-8-30-22(15-20)17-25-33-23-6-5-21(16-24(23)34-25)26-27(37-2)28(32-18-31-26)36-11-3-4-12-36/h5-8,15-16,18-19,29H,3-4,9-14,17H2,1-2H3,(H,33,34). The Morgan fingerprint density at radius 3 is 2.65 bits per heavy atom. The van der Waals surface area contributed by atoms with Crippen LogP contribution in [0.1, 0.15) is 42.9 Å². The molecule has 4 aromatic rings. The molecule has 6 rings (SSSR count). The van der Waals surface area contributed by atoms with E-state index in [2.05, 4.69) is 66.2 Å². The van der Waals surface area contributed by atoms with Gasteiger partial charge in [-0.05, 0) is 49.6 Å². The summed E-state index contributed by atoms with van der Waals surface area (Å²) in [4.78, 5) is 26.9. The summed E-state index contributed by atoms with van der Waals surface area (Å²) in [5.74, 6) is 2.50. The highest BCUT2D eigenvalue weighted by Crippen LogP contribution is 2.37. The smallest absolute Gasteiger partial charge is 0.187 e. The predicted octanol–water partition coefficient (Wildman–Crippen LogP) is 3.58. The van der Waals surface area contributed by atoms with Gasteiger partial charge in [0.2, 0.25) is 0 Å². The number of rotatable bonds is 7. The lowest BCUT2D eigenvalue weighted by Gasteiger charge is -2.33. The van der Waals surface area contributed by atoms with Crippen molar-refractivity contribution >= 4 is 16.9 Å². The van der Waals surface area contributed by atoms with E-state index in [9.17, 15) is 0 Å². The normalized spacial score (nSPS) is 17.4. The van der Waals surface area contributed by atoms with Crippen LogP contribution in [0.25, 0.3) is 22.3 Å². The van der Waals surface area contributed by atoms with Crippen LogP contribution in [0.2, 0.25) is 0 Å². The van der Waals surface area contributed by atoms with Gasteiger partial charge >= 0.3 is 0 Å². The first-order chi connectivity index (χ1) is 18.2. The molecule has 0 amide bonds. The molecule has 1 atom stereocenters. The summed E-state index contributed by atoms with van der Waals surface area (Å²) >= 11 is 0. The molecule has 2 aliphatic rings. The minimum atomic E-state index is 0.371. The van der Waals surface area contributed by atoms with E-state index in [1.165, 1.54) is 18.4 Å². The minimum absolute atomic E-state index is 0.371. The number of H-pyrrole nitrogens is 1. The second-order valence-corrected chi connectivity index (χ2v) is 9.91. The summed E-state index contributed by atoms with van der Waals surface area (Å²) in [6.07, 6.45) is 6.56. The lowest BCUT2D eigenvalue weighted by Crippen LogP contribution is -2.44. The number of nitrogens with zero attached hydrogens (tertiary/aromatic N) is 6. The first kappa shape index (κ1) is 23.8. The van der Waals surface area contributed by atoms with E-state index in [1.54, 1.807) is 13.4 Å². The zero-order valence-electron chi connectivity index (χ0n) is 21.6. The number of pyridine rings is 1. The van der Waals surface area contributed by atoms with Gasteiger partial charge in [0.1, 0.15) is 17.8 Å². The number of methoxy groups -OCH3 is 1. The molecule has 1 unspecified atom stereocenters. The quantitative estimate of drug-likeness (QED) is 0.399. The molecule has 2 N–H and O–H groups in total.